The van der Waals surface area contributed by atoms with Gasteiger partial charge in [-0.25, -0.2) is 4.98 Å². The Labute approximate surface area is 160 Å². The predicted octanol–water partition coefficient (Wildman–Crippen LogP) is 2.47. The van der Waals surface area contributed by atoms with Gasteiger partial charge in [-0.2, -0.15) is 4.98 Å². The van der Waals surface area contributed by atoms with Crippen LogP contribution in [0.5, 0.6) is 5.88 Å². The van der Waals surface area contributed by atoms with E-state index in [4.69, 9.17) is 9.26 Å². The molecule has 3 aromatic rings. The third-order valence-electron chi connectivity index (χ3n) is 4.39. The largest absolute Gasteiger partial charge is 0.481 e. The van der Waals surface area contributed by atoms with Gasteiger partial charge in [0.15, 0.2) is 11.5 Å². The van der Waals surface area contributed by atoms with Crippen LogP contribution in [-0.4, -0.2) is 59.2 Å². The molecule has 0 N–H and O–H groups in total. The van der Waals surface area contributed by atoms with Crippen LogP contribution in [0.15, 0.2) is 34.2 Å². The molecule has 3 aromatic heterocycles. The van der Waals surface area contributed by atoms with Crippen molar-refractivity contribution in [1.82, 2.24) is 20.0 Å². The van der Waals surface area contributed by atoms with E-state index in [0.29, 0.717) is 49.3 Å². The molecule has 0 aliphatic carbocycles. The van der Waals surface area contributed by atoms with Gasteiger partial charge in [0.05, 0.1) is 12.0 Å². The monoisotopic (exact) mass is 385 g/mol. The number of aromatic nitrogens is 3. The van der Waals surface area contributed by atoms with Gasteiger partial charge < -0.3 is 19.1 Å². The lowest BCUT2D eigenvalue weighted by atomic mass is 10.2. The van der Waals surface area contributed by atoms with Gasteiger partial charge in [-0.15, -0.1) is 11.3 Å². The summed E-state index contributed by atoms with van der Waals surface area (Å²) in [6.45, 7) is 4.38. The van der Waals surface area contributed by atoms with Crippen LogP contribution in [-0.2, 0) is 0 Å². The highest BCUT2D eigenvalue weighted by molar-refractivity contribution is 7.13. The minimum Gasteiger partial charge on any atom is -0.481 e. The number of hydrogen-bond donors (Lipinski definition) is 0. The fourth-order valence-corrected chi connectivity index (χ4v) is 3.68. The van der Waals surface area contributed by atoms with Crippen molar-refractivity contribution in [2.24, 2.45) is 0 Å². The molecule has 140 valence electrons. The summed E-state index contributed by atoms with van der Waals surface area (Å²) in [6, 6.07) is 7.40. The van der Waals surface area contributed by atoms with Crippen molar-refractivity contribution in [2.75, 3.05) is 38.2 Å². The van der Waals surface area contributed by atoms with Gasteiger partial charge >= 0.3 is 0 Å². The molecule has 1 amide bonds. The average Bonchev–Trinajstić information content (AvgIpc) is 3.38. The van der Waals surface area contributed by atoms with Crippen LogP contribution in [0.3, 0.4) is 0 Å². The zero-order chi connectivity index (χ0) is 18.8. The highest BCUT2D eigenvalue weighted by atomic mass is 32.1. The van der Waals surface area contributed by atoms with E-state index in [2.05, 4.69) is 20.0 Å². The fourth-order valence-electron chi connectivity index (χ4n) is 3.00. The Morgan fingerprint density at radius 3 is 2.74 bits per heavy atom. The van der Waals surface area contributed by atoms with E-state index in [1.807, 2.05) is 30.5 Å². The highest BCUT2D eigenvalue weighted by Gasteiger charge is 2.26. The normalized spacial score (nSPS) is 14.4. The molecule has 0 spiro atoms. The van der Waals surface area contributed by atoms with Crippen LogP contribution in [0.2, 0.25) is 0 Å². The first kappa shape index (κ1) is 17.5. The van der Waals surface area contributed by atoms with Gasteiger partial charge in [0.1, 0.15) is 11.6 Å². The Kier molecular flexibility index (Phi) is 4.76. The number of carbonyl (C=O) groups is 1. The molecule has 1 saturated heterocycles. The van der Waals surface area contributed by atoms with E-state index in [9.17, 15) is 4.79 Å². The first-order valence-electron chi connectivity index (χ1n) is 8.58. The van der Waals surface area contributed by atoms with Gasteiger partial charge in [-0.1, -0.05) is 11.2 Å². The lowest BCUT2D eigenvalue weighted by Crippen LogP contribution is -2.49. The molecule has 0 saturated carbocycles. The molecular formula is C18H19N5O3S. The Morgan fingerprint density at radius 1 is 1.22 bits per heavy atom. The SMILES string of the molecule is COc1cc(N2CCN(C(=O)c3cc(-c4cccs4)on3)CC2)nc(C)n1. The van der Waals surface area contributed by atoms with Crippen LogP contribution in [0.1, 0.15) is 16.3 Å². The third kappa shape index (κ3) is 3.63. The van der Waals surface area contributed by atoms with E-state index in [-0.39, 0.29) is 5.91 Å². The number of carbonyl (C=O) groups excluding carboxylic acids is 1. The number of piperazine rings is 1. The summed E-state index contributed by atoms with van der Waals surface area (Å²) in [5, 5.41) is 5.91. The van der Waals surface area contributed by atoms with Crippen molar-refractivity contribution < 1.29 is 14.1 Å². The van der Waals surface area contributed by atoms with Crippen LogP contribution in [0.25, 0.3) is 10.6 Å². The molecule has 0 bridgehead atoms. The van der Waals surface area contributed by atoms with Crippen LogP contribution < -0.4 is 9.64 Å². The molecule has 1 aliphatic heterocycles. The summed E-state index contributed by atoms with van der Waals surface area (Å²) >= 11 is 1.55. The van der Waals surface area contributed by atoms with Crippen molar-refractivity contribution >= 4 is 23.1 Å². The summed E-state index contributed by atoms with van der Waals surface area (Å²) in [4.78, 5) is 26.3. The number of hydrogen-bond acceptors (Lipinski definition) is 8. The molecule has 9 heteroatoms. The lowest BCUT2D eigenvalue weighted by molar-refractivity contribution is 0.0736. The molecule has 1 fully saturated rings. The van der Waals surface area contributed by atoms with Gasteiger partial charge in [0, 0.05) is 38.3 Å². The van der Waals surface area contributed by atoms with E-state index in [1.165, 1.54) is 0 Å². The quantitative estimate of drug-likeness (QED) is 0.682. The maximum absolute atomic E-state index is 12.7. The second kappa shape index (κ2) is 7.36. The summed E-state index contributed by atoms with van der Waals surface area (Å²) in [6.07, 6.45) is 0. The summed E-state index contributed by atoms with van der Waals surface area (Å²) in [5.74, 6) is 2.52. The van der Waals surface area contributed by atoms with Crippen molar-refractivity contribution in [3.63, 3.8) is 0 Å². The topological polar surface area (TPSA) is 84.6 Å². The number of ether oxygens (including phenoxy) is 1. The maximum Gasteiger partial charge on any atom is 0.276 e. The number of nitrogens with zero attached hydrogens (tertiary/aromatic N) is 5. The minimum atomic E-state index is -0.113. The molecule has 4 heterocycles. The van der Waals surface area contributed by atoms with Gasteiger partial charge in [-0.3, -0.25) is 4.79 Å². The van der Waals surface area contributed by atoms with E-state index in [1.54, 1.807) is 29.4 Å². The molecule has 0 unspecified atom stereocenters. The fraction of sp³-hybridized carbons (Fsp3) is 0.333. The highest BCUT2D eigenvalue weighted by Crippen LogP contribution is 2.26. The molecular weight excluding hydrogens is 366 g/mol. The van der Waals surface area contributed by atoms with E-state index < -0.39 is 0 Å². The van der Waals surface area contributed by atoms with E-state index >= 15 is 0 Å². The number of amides is 1. The number of aryl methyl sites for hydroxylation is 1. The Hall–Kier alpha value is -2.94. The van der Waals surface area contributed by atoms with Crippen molar-refractivity contribution in [3.05, 3.63) is 41.2 Å². The second-order valence-electron chi connectivity index (χ2n) is 6.15. The van der Waals surface area contributed by atoms with Crippen molar-refractivity contribution in [1.29, 1.82) is 0 Å². The van der Waals surface area contributed by atoms with Gasteiger partial charge in [-0.05, 0) is 18.4 Å². The lowest BCUT2D eigenvalue weighted by Gasteiger charge is -2.35. The predicted molar refractivity (Wildman–Crippen MR) is 101 cm³/mol. The second-order valence-corrected chi connectivity index (χ2v) is 7.10. The molecule has 27 heavy (non-hydrogen) atoms. The van der Waals surface area contributed by atoms with Gasteiger partial charge in [0.2, 0.25) is 5.88 Å². The number of anilines is 1. The molecule has 0 radical (unpaired) electrons. The summed E-state index contributed by atoms with van der Waals surface area (Å²) in [5.41, 5.74) is 0.339. The molecule has 0 aromatic carbocycles. The first-order chi connectivity index (χ1) is 13.1. The average molecular weight is 385 g/mol. The van der Waals surface area contributed by atoms with Crippen LogP contribution in [0, 0.1) is 6.92 Å². The smallest absolute Gasteiger partial charge is 0.276 e. The van der Waals surface area contributed by atoms with Crippen molar-refractivity contribution in [2.45, 2.75) is 6.92 Å². The zero-order valence-corrected chi connectivity index (χ0v) is 15.9. The van der Waals surface area contributed by atoms with Crippen molar-refractivity contribution in [3.8, 4) is 16.5 Å². The van der Waals surface area contributed by atoms with E-state index in [0.717, 1.165) is 10.7 Å². The Bertz CT molecular complexity index is 932. The molecule has 8 nitrogen and oxygen atoms in total. The molecule has 1 aliphatic rings. The standard InChI is InChI=1S/C18H19N5O3S/c1-12-19-16(11-17(20-12)25-2)22-5-7-23(8-6-22)18(24)13-10-14(26-21-13)15-4-3-9-27-15/h3-4,9-11H,5-8H2,1-2H3. The summed E-state index contributed by atoms with van der Waals surface area (Å²) < 4.78 is 10.5. The third-order valence-corrected chi connectivity index (χ3v) is 5.28. The Balaban J connectivity index is 1.42. The minimum absolute atomic E-state index is 0.113. The first-order valence-corrected chi connectivity index (χ1v) is 9.46. The van der Waals surface area contributed by atoms with Gasteiger partial charge in [0.25, 0.3) is 5.91 Å². The van der Waals surface area contributed by atoms with Crippen LogP contribution in [0.4, 0.5) is 5.82 Å². The summed E-state index contributed by atoms with van der Waals surface area (Å²) in [7, 11) is 1.59. The molecule has 0 atom stereocenters. The maximum atomic E-state index is 12.7. The Morgan fingerprint density at radius 2 is 2.04 bits per heavy atom. The molecule has 4 rings (SSSR count). The number of thiophene rings is 1. The van der Waals surface area contributed by atoms with Crippen LogP contribution >= 0.6 is 11.3 Å². The number of rotatable bonds is 4. The zero-order valence-electron chi connectivity index (χ0n) is 15.1. The number of methoxy groups -OCH3 is 1.